The van der Waals surface area contributed by atoms with Crippen LogP contribution >= 0.6 is 22.6 Å². The van der Waals surface area contributed by atoms with Crippen LogP contribution in [0.5, 0.6) is 0 Å². The normalized spacial score (nSPS) is 10.3. The van der Waals surface area contributed by atoms with Crippen LogP contribution in [0.1, 0.15) is 5.69 Å². The lowest BCUT2D eigenvalue weighted by molar-refractivity contribution is 0.687. The third-order valence-corrected chi connectivity index (χ3v) is 3.22. The van der Waals surface area contributed by atoms with E-state index in [-0.39, 0.29) is 5.56 Å². The Labute approximate surface area is 103 Å². The molecule has 0 aliphatic rings. The molecular weight excluding hydrogens is 305 g/mol. The summed E-state index contributed by atoms with van der Waals surface area (Å²) in [4.78, 5) is 15.9. The summed E-state index contributed by atoms with van der Waals surface area (Å²) in [6.07, 6.45) is 1.57. The number of hydrogen-bond acceptors (Lipinski definition) is 3. The van der Waals surface area contributed by atoms with Crippen molar-refractivity contribution in [2.24, 2.45) is 0 Å². The van der Waals surface area contributed by atoms with Gasteiger partial charge in [0.1, 0.15) is 0 Å². The zero-order valence-corrected chi connectivity index (χ0v) is 11.0. The van der Waals surface area contributed by atoms with Gasteiger partial charge in [-0.1, -0.05) is 6.58 Å². The second-order valence-corrected chi connectivity index (χ2v) is 4.44. The average molecular weight is 319 g/mol. The summed E-state index contributed by atoms with van der Waals surface area (Å²) >= 11 is 2.02. The van der Waals surface area contributed by atoms with Crippen molar-refractivity contribution in [2.45, 2.75) is 13.5 Å². The van der Waals surface area contributed by atoms with Gasteiger partial charge in [-0.05, 0) is 42.1 Å². The van der Waals surface area contributed by atoms with Crippen molar-refractivity contribution >= 4 is 22.6 Å². The van der Waals surface area contributed by atoms with E-state index in [4.69, 9.17) is 0 Å². The number of likely N-dealkylation sites (N-methyl/N-ethyl adjacent to an activating group) is 1. The van der Waals surface area contributed by atoms with E-state index in [1.807, 2.05) is 36.6 Å². The Morgan fingerprint density at radius 1 is 1.73 bits per heavy atom. The van der Waals surface area contributed by atoms with Crippen LogP contribution in [-0.2, 0) is 6.54 Å². The zero-order valence-electron chi connectivity index (χ0n) is 8.88. The highest BCUT2D eigenvalue weighted by atomic mass is 127. The Morgan fingerprint density at radius 2 is 2.40 bits per heavy atom. The van der Waals surface area contributed by atoms with Crippen LogP contribution in [0.4, 0.5) is 0 Å². The molecule has 0 amide bonds. The van der Waals surface area contributed by atoms with Crippen molar-refractivity contribution in [3.63, 3.8) is 0 Å². The fraction of sp³-hybridized carbons (Fsp3) is 0.400. The van der Waals surface area contributed by atoms with Crippen molar-refractivity contribution in [3.05, 3.63) is 38.1 Å². The zero-order chi connectivity index (χ0) is 11.4. The SMILES string of the molecule is C=C(CNC)Cn1cnc(C)c(I)c1=O. The van der Waals surface area contributed by atoms with E-state index in [9.17, 15) is 4.79 Å². The number of halogens is 1. The van der Waals surface area contributed by atoms with E-state index in [1.54, 1.807) is 10.9 Å². The van der Waals surface area contributed by atoms with Gasteiger partial charge in [-0.25, -0.2) is 4.98 Å². The molecule has 0 aliphatic carbocycles. The molecule has 0 fully saturated rings. The molecule has 0 spiro atoms. The number of aromatic nitrogens is 2. The van der Waals surface area contributed by atoms with Crippen LogP contribution < -0.4 is 10.9 Å². The summed E-state index contributed by atoms with van der Waals surface area (Å²) in [6, 6.07) is 0. The number of aryl methyl sites for hydroxylation is 1. The van der Waals surface area contributed by atoms with Gasteiger partial charge in [-0.2, -0.15) is 0 Å². The molecule has 4 nitrogen and oxygen atoms in total. The number of hydrogen-bond donors (Lipinski definition) is 1. The molecule has 1 aromatic heterocycles. The quantitative estimate of drug-likeness (QED) is 0.663. The van der Waals surface area contributed by atoms with Crippen LogP contribution in [0.2, 0.25) is 0 Å². The summed E-state index contributed by atoms with van der Waals surface area (Å²) in [5.74, 6) is 0. The van der Waals surface area contributed by atoms with Crippen molar-refractivity contribution in [1.82, 2.24) is 14.9 Å². The lowest BCUT2D eigenvalue weighted by atomic mass is 10.3. The predicted molar refractivity (Wildman–Crippen MR) is 69.0 cm³/mol. The summed E-state index contributed by atoms with van der Waals surface area (Å²) in [7, 11) is 1.85. The van der Waals surface area contributed by atoms with Gasteiger partial charge in [0.05, 0.1) is 15.6 Å². The first-order chi connectivity index (χ1) is 7.06. The molecule has 0 saturated carbocycles. The first kappa shape index (κ1) is 12.4. The molecule has 0 saturated heterocycles. The van der Waals surface area contributed by atoms with E-state index in [0.29, 0.717) is 16.7 Å². The Balaban J connectivity index is 2.92. The van der Waals surface area contributed by atoms with Crippen molar-refractivity contribution in [2.75, 3.05) is 13.6 Å². The van der Waals surface area contributed by atoms with Crippen LogP contribution in [0.25, 0.3) is 0 Å². The Bertz CT molecular complexity index is 425. The maximum atomic E-state index is 11.8. The topological polar surface area (TPSA) is 46.9 Å². The van der Waals surface area contributed by atoms with Gasteiger partial charge >= 0.3 is 0 Å². The minimum atomic E-state index is 0.000327. The number of nitrogens with zero attached hydrogens (tertiary/aromatic N) is 2. The van der Waals surface area contributed by atoms with Crippen LogP contribution in [0, 0.1) is 10.5 Å². The lowest BCUT2D eigenvalue weighted by Crippen LogP contribution is -2.26. The molecule has 82 valence electrons. The van der Waals surface area contributed by atoms with Crippen LogP contribution in [0.3, 0.4) is 0 Å². The highest BCUT2D eigenvalue weighted by Crippen LogP contribution is 2.02. The van der Waals surface area contributed by atoms with Crippen molar-refractivity contribution < 1.29 is 0 Å². The molecule has 5 heteroatoms. The fourth-order valence-corrected chi connectivity index (χ4v) is 1.65. The number of rotatable bonds is 4. The van der Waals surface area contributed by atoms with E-state index in [1.165, 1.54) is 0 Å². The van der Waals surface area contributed by atoms with E-state index < -0.39 is 0 Å². The van der Waals surface area contributed by atoms with Crippen LogP contribution in [0.15, 0.2) is 23.3 Å². The molecular formula is C10H14IN3O. The molecule has 1 heterocycles. The van der Waals surface area contributed by atoms with Gasteiger partial charge in [-0.3, -0.25) is 9.36 Å². The molecule has 1 rings (SSSR count). The summed E-state index contributed by atoms with van der Waals surface area (Å²) in [6.45, 7) is 6.93. The maximum Gasteiger partial charge on any atom is 0.267 e. The predicted octanol–water partition coefficient (Wildman–Crippen LogP) is 0.932. The smallest absolute Gasteiger partial charge is 0.267 e. The average Bonchev–Trinajstić information content (AvgIpc) is 2.20. The minimum absolute atomic E-state index is 0.000327. The first-order valence-corrected chi connectivity index (χ1v) is 5.67. The van der Waals surface area contributed by atoms with Gasteiger partial charge in [0.2, 0.25) is 0 Å². The first-order valence-electron chi connectivity index (χ1n) is 4.59. The fourth-order valence-electron chi connectivity index (χ4n) is 1.21. The Morgan fingerprint density at radius 3 is 3.00 bits per heavy atom. The molecule has 1 N–H and O–H groups in total. The van der Waals surface area contributed by atoms with Crippen molar-refractivity contribution in [3.8, 4) is 0 Å². The molecule has 0 bridgehead atoms. The van der Waals surface area contributed by atoms with Gasteiger partial charge in [0.15, 0.2) is 0 Å². The largest absolute Gasteiger partial charge is 0.316 e. The van der Waals surface area contributed by atoms with E-state index in [2.05, 4.69) is 16.9 Å². The summed E-state index contributed by atoms with van der Waals surface area (Å²) in [5, 5.41) is 3.00. The lowest BCUT2D eigenvalue weighted by Gasteiger charge is -2.08. The Kier molecular flexibility index (Phi) is 4.46. The summed E-state index contributed by atoms with van der Waals surface area (Å²) in [5.41, 5.74) is 1.73. The molecule has 15 heavy (non-hydrogen) atoms. The third kappa shape index (κ3) is 3.13. The molecule has 1 aromatic rings. The molecule has 0 radical (unpaired) electrons. The monoisotopic (exact) mass is 319 g/mol. The summed E-state index contributed by atoms with van der Waals surface area (Å²) < 4.78 is 2.25. The third-order valence-electron chi connectivity index (χ3n) is 1.98. The standard InChI is InChI=1S/C10H14IN3O/c1-7(4-12-3)5-14-6-13-8(2)9(11)10(14)15/h6,12H,1,4-5H2,2-3H3. The molecule has 0 atom stereocenters. The van der Waals surface area contributed by atoms with Crippen molar-refractivity contribution in [1.29, 1.82) is 0 Å². The molecule has 0 aromatic carbocycles. The molecule has 0 aliphatic heterocycles. The van der Waals surface area contributed by atoms with Gasteiger partial charge in [0, 0.05) is 13.1 Å². The second-order valence-electron chi connectivity index (χ2n) is 3.36. The van der Waals surface area contributed by atoms with E-state index >= 15 is 0 Å². The maximum absolute atomic E-state index is 11.8. The second kappa shape index (κ2) is 5.41. The highest BCUT2D eigenvalue weighted by Gasteiger charge is 2.05. The van der Waals surface area contributed by atoms with Gasteiger partial charge in [-0.15, -0.1) is 0 Å². The van der Waals surface area contributed by atoms with Gasteiger partial charge in [0.25, 0.3) is 5.56 Å². The Hall–Kier alpha value is -0.690. The van der Waals surface area contributed by atoms with Crippen LogP contribution in [-0.4, -0.2) is 23.1 Å². The highest BCUT2D eigenvalue weighted by molar-refractivity contribution is 14.1. The molecule has 0 unspecified atom stereocenters. The minimum Gasteiger partial charge on any atom is -0.316 e. The van der Waals surface area contributed by atoms with Gasteiger partial charge < -0.3 is 5.32 Å². The van der Waals surface area contributed by atoms with E-state index in [0.717, 1.165) is 11.3 Å². The number of nitrogens with one attached hydrogen (secondary N) is 1.